The number of hydrogen-bond donors (Lipinski definition) is 2. The van der Waals surface area contributed by atoms with E-state index >= 15 is 0 Å². The van der Waals surface area contributed by atoms with Crippen molar-refractivity contribution in [1.82, 2.24) is 9.80 Å². The van der Waals surface area contributed by atoms with E-state index in [1.807, 2.05) is 27.7 Å². The molecule has 7 heteroatoms. The van der Waals surface area contributed by atoms with Crippen LogP contribution in [0.1, 0.15) is 27.7 Å². The van der Waals surface area contributed by atoms with E-state index in [2.05, 4.69) is 25.3 Å². The molecule has 102 valence electrons. The van der Waals surface area contributed by atoms with Crippen molar-refractivity contribution in [1.29, 1.82) is 0 Å². The summed E-state index contributed by atoms with van der Waals surface area (Å²) in [7, 11) is 0. The van der Waals surface area contributed by atoms with Crippen molar-refractivity contribution in [2.75, 3.05) is 26.2 Å². The molecule has 2 amide bonds. The summed E-state index contributed by atoms with van der Waals surface area (Å²) < 4.78 is 0. The van der Waals surface area contributed by atoms with Crippen LogP contribution in [-0.4, -0.2) is 63.5 Å². The number of amides is 2. The number of carbonyl (C=O) groups excluding carboxylic acids is 2. The van der Waals surface area contributed by atoms with Crippen LogP contribution in [0.4, 0.5) is 9.59 Å². The minimum Gasteiger partial charge on any atom is -0.334 e. The number of carbonyl (C=O) groups is 2. The summed E-state index contributed by atoms with van der Waals surface area (Å²) in [5.74, 6) is 0. The van der Waals surface area contributed by atoms with Crippen molar-refractivity contribution >= 4 is 52.8 Å². The summed E-state index contributed by atoms with van der Waals surface area (Å²) in [6.07, 6.45) is 0. The molecule has 4 nitrogen and oxygen atoms in total. The van der Waals surface area contributed by atoms with E-state index in [4.69, 9.17) is 0 Å². The van der Waals surface area contributed by atoms with E-state index < -0.39 is 0 Å². The van der Waals surface area contributed by atoms with Crippen LogP contribution < -0.4 is 0 Å². The van der Waals surface area contributed by atoms with Crippen LogP contribution in [0.15, 0.2) is 0 Å². The van der Waals surface area contributed by atoms with Gasteiger partial charge in [-0.05, 0) is 27.7 Å². The molecule has 0 atom stereocenters. The van der Waals surface area contributed by atoms with Gasteiger partial charge in [0, 0.05) is 43.2 Å². The van der Waals surface area contributed by atoms with Gasteiger partial charge in [0.25, 0.3) is 10.5 Å². The van der Waals surface area contributed by atoms with Crippen molar-refractivity contribution in [3.63, 3.8) is 0 Å². The van der Waals surface area contributed by atoms with E-state index in [0.29, 0.717) is 0 Å². The van der Waals surface area contributed by atoms with Crippen molar-refractivity contribution in [2.24, 2.45) is 0 Å². The molecule has 0 fully saturated rings. The topological polar surface area (TPSA) is 40.6 Å². The standard InChI is InChI=1S/2C5H11NOS.Se/c2*1-3-6(4-2)5(7)8;/h2*3-4H2,1-2H3,(H,7,8);. The molecule has 0 aromatic rings. The maximum absolute atomic E-state index is 10.4. The molecular weight excluding hydrogens is 323 g/mol. The Morgan fingerprint density at radius 3 is 0.941 bits per heavy atom. The monoisotopic (exact) mass is 346 g/mol. The van der Waals surface area contributed by atoms with E-state index in [1.54, 1.807) is 9.80 Å². The van der Waals surface area contributed by atoms with E-state index in [1.165, 1.54) is 0 Å². The van der Waals surface area contributed by atoms with Gasteiger partial charge in [0.2, 0.25) is 0 Å². The second kappa shape index (κ2) is 14.2. The Morgan fingerprint density at radius 2 is 0.941 bits per heavy atom. The maximum Gasteiger partial charge on any atom is 0.278 e. The van der Waals surface area contributed by atoms with Crippen molar-refractivity contribution < 1.29 is 9.59 Å². The van der Waals surface area contributed by atoms with Crippen LogP contribution in [0.5, 0.6) is 0 Å². The van der Waals surface area contributed by atoms with E-state index in [-0.39, 0.29) is 27.5 Å². The quantitative estimate of drug-likeness (QED) is 0.607. The zero-order chi connectivity index (χ0) is 13.1. The van der Waals surface area contributed by atoms with Gasteiger partial charge in [-0.3, -0.25) is 9.59 Å². The first-order chi connectivity index (χ1) is 7.44. The smallest absolute Gasteiger partial charge is 0.278 e. The molecule has 0 rings (SSSR count). The van der Waals surface area contributed by atoms with Crippen LogP contribution in [0.3, 0.4) is 0 Å². The molecular formula is C10H22N2O2S2Se. The fourth-order valence-corrected chi connectivity index (χ4v) is 1.55. The summed E-state index contributed by atoms with van der Waals surface area (Å²) >= 11 is 7.28. The van der Waals surface area contributed by atoms with Gasteiger partial charge in [-0.25, -0.2) is 0 Å². The third-order valence-corrected chi connectivity index (χ3v) is 2.63. The van der Waals surface area contributed by atoms with Gasteiger partial charge >= 0.3 is 0 Å². The minimum absolute atomic E-state index is 0. The van der Waals surface area contributed by atoms with Crippen LogP contribution in [0, 0.1) is 0 Å². The Hall–Kier alpha value is 0.159. The molecule has 0 aliphatic carbocycles. The van der Waals surface area contributed by atoms with Crippen molar-refractivity contribution in [2.45, 2.75) is 27.7 Å². The summed E-state index contributed by atoms with van der Waals surface area (Å²) in [6, 6.07) is 0. The first-order valence-corrected chi connectivity index (χ1v) is 6.29. The number of nitrogens with zero attached hydrogens (tertiary/aromatic N) is 2. The van der Waals surface area contributed by atoms with E-state index in [0.717, 1.165) is 26.2 Å². The summed E-state index contributed by atoms with van der Waals surface area (Å²) in [5.41, 5.74) is 0. The fourth-order valence-electron chi connectivity index (χ4n) is 0.988. The molecule has 0 heterocycles. The second-order valence-electron chi connectivity index (χ2n) is 2.91. The van der Waals surface area contributed by atoms with Gasteiger partial charge in [-0.1, -0.05) is 25.3 Å². The van der Waals surface area contributed by atoms with Crippen LogP contribution in [0.25, 0.3) is 0 Å². The average Bonchev–Trinajstić information content (AvgIpc) is 2.21. The molecule has 0 saturated carbocycles. The Kier molecular flexibility index (Phi) is 18.7. The molecule has 0 unspecified atom stereocenters. The van der Waals surface area contributed by atoms with Gasteiger partial charge in [0.15, 0.2) is 0 Å². The van der Waals surface area contributed by atoms with Gasteiger partial charge < -0.3 is 9.80 Å². The predicted octanol–water partition coefficient (Wildman–Crippen LogP) is 2.38. The van der Waals surface area contributed by atoms with Crippen LogP contribution in [0.2, 0.25) is 0 Å². The Balaban J connectivity index is -0.000000218. The third kappa shape index (κ3) is 12.4. The number of rotatable bonds is 4. The molecule has 0 aromatic carbocycles. The normalized spacial score (nSPS) is 8.35. The van der Waals surface area contributed by atoms with Crippen LogP contribution in [-0.2, 0) is 0 Å². The largest absolute Gasteiger partial charge is 0.334 e. The zero-order valence-electron chi connectivity index (χ0n) is 10.8. The molecule has 0 bridgehead atoms. The molecule has 0 N–H and O–H groups in total. The average molecular weight is 345 g/mol. The number of hydrogen-bond acceptors (Lipinski definition) is 2. The Labute approximate surface area is 126 Å². The first-order valence-electron chi connectivity index (χ1n) is 5.40. The maximum atomic E-state index is 10.4. The molecule has 0 aromatic heterocycles. The summed E-state index contributed by atoms with van der Waals surface area (Å²) in [6.45, 7) is 10.7. The fraction of sp³-hybridized carbons (Fsp3) is 0.800. The molecule has 17 heavy (non-hydrogen) atoms. The van der Waals surface area contributed by atoms with Crippen molar-refractivity contribution in [3.05, 3.63) is 0 Å². The zero-order valence-corrected chi connectivity index (χ0v) is 14.3. The summed E-state index contributed by atoms with van der Waals surface area (Å²) in [5, 5.41) is -0.287. The second-order valence-corrected chi connectivity index (χ2v) is 3.67. The van der Waals surface area contributed by atoms with Gasteiger partial charge in [0.1, 0.15) is 0 Å². The SMILES string of the molecule is CCN(CC)C(=O)S.CCN(CC)C(=O)S.[Se]. The van der Waals surface area contributed by atoms with E-state index in [9.17, 15) is 9.59 Å². The number of thiol groups is 2. The van der Waals surface area contributed by atoms with Gasteiger partial charge in [-0.15, -0.1) is 0 Å². The Bertz CT molecular complexity index is 188. The summed E-state index contributed by atoms with van der Waals surface area (Å²) in [4.78, 5) is 24.1. The van der Waals surface area contributed by atoms with Gasteiger partial charge in [-0.2, -0.15) is 0 Å². The third-order valence-electron chi connectivity index (χ3n) is 2.07. The first kappa shape index (κ1) is 22.3. The molecule has 0 aliphatic heterocycles. The Morgan fingerprint density at radius 1 is 0.765 bits per heavy atom. The predicted molar refractivity (Wildman–Crippen MR) is 80.4 cm³/mol. The molecule has 0 aliphatic rings. The molecule has 0 spiro atoms. The van der Waals surface area contributed by atoms with Crippen molar-refractivity contribution in [3.8, 4) is 0 Å². The van der Waals surface area contributed by atoms with Gasteiger partial charge in [0.05, 0.1) is 0 Å². The van der Waals surface area contributed by atoms with Crippen LogP contribution >= 0.6 is 25.3 Å². The minimum atomic E-state index is -0.144. The molecule has 2 radical (unpaired) electrons. The molecule has 0 saturated heterocycles.